The van der Waals surface area contributed by atoms with Crippen LogP contribution in [0.3, 0.4) is 0 Å². The van der Waals surface area contributed by atoms with Crippen LogP contribution in [-0.2, 0) is 16.1 Å². The fourth-order valence-corrected chi connectivity index (χ4v) is 2.86. The molecule has 0 aliphatic carbocycles. The number of hydrogen-bond donors (Lipinski definition) is 1. The molecule has 5 nitrogen and oxygen atoms in total. The summed E-state index contributed by atoms with van der Waals surface area (Å²) in [6, 6.07) is 5.60. The maximum atomic E-state index is 12.7. The standard InChI is InChI=1S/C16H21F3N2O3/c1-21(14(22)15(11-20)5-7-23-8-6-15)10-12-3-2-4-13(9-12)24-16(17,18)19/h2-4,9H,5-8,10-11,20H2,1H3. The van der Waals surface area contributed by atoms with Crippen LogP contribution in [0.2, 0.25) is 0 Å². The average molecular weight is 346 g/mol. The topological polar surface area (TPSA) is 64.8 Å². The van der Waals surface area contributed by atoms with Gasteiger partial charge in [0.1, 0.15) is 5.75 Å². The van der Waals surface area contributed by atoms with Gasteiger partial charge in [0.15, 0.2) is 0 Å². The predicted octanol–water partition coefficient (Wildman–Crippen LogP) is 2.30. The molecular formula is C16H21F3N2O3. The Morgan fingerprint density at radius 1 is 1.38 bits per heavy atom. The zero-order chi connectivity index (χ0) is 17.8. The largest absolute Gasteiger partial charge is 0.573 e. The number of nitrogens with zero attached hydrogens (tertiary/aromatic N) is 1. The Hall–Kier alpha value is -1.80. The van der Waals surface area contributed by atoms with Crippen molar-refractivity contribution in [3.63, 3.8) is 0 Å². The number of amides is 1. The van der Waals surface area contributed by atoms with E-state index >= 15 is 0 Å². The van der Waals surface area contributed by atoms with Crippen molar-refractivity contribution in [2.24, 2.45) is 11.1 Å². The Bertz CT molecular complexity index is 572. The molecular weight excluding hydrogens is 325 g/mol. The molecule has 2 rings (SSSR count). The Labute approximate surface area is 138 Å². The number of alkyl halides is 3. The van der Waals surface area contributed by atoms with E-state index in [2.05, 4.69) is 4.74 Å². The van der Waals surface area contributed by atoms with E-state index in [0.29, 0.717) is 31.6 Å². The first kappa shape index (κ1) is 18.5. The number of ether oxygens (including phenoxy) is 2. The number of carbonyl (C=O) groups is 1. The average Bonchev–Trinajstić information content (AvgIpc) is 2.53. The van der Waals surface area contributed by atoms with Gasteiger partial charge in [0.2, 0.25) is 5.91 Å². The van der Waals surface area contributed by atoms with Crippen molar-refractivity contribution in [1.29, 1.82) is 0 Å². The number of halogens is 3. The second-order valence-electron chi connectivity index (χ2n) is 5.95. The molecule has 1 aromatic carbocycles. The van der Waals surface area contributed by atoms with Gasteiger partial charge in [-0.05, 0) is 30.5 Å². The highest BCUT2D eigenvalue weighted by Gasteiger charge is 2.40. The van der Waals surface area contributed by atoms with E-state index < -0.39 is 11.8 Å². The molecule has 134 valence electrons. The van der Waals surface area contributed by atoms with E-state index in [1.54, 1.807) is 13.1 Å². The molecule has 0 atom stereocenters. The monoisotopic (exact) mass is 346 g/mol. The SMILES string of the molecule is CN(Cc1cccc(OC(F)(F)F)c1)C(=O)C1(CN)CCOCC1. The van der Waals surface area contributed by atoms with Gasteiger partial charge in [-0.15, -0.1) is 13.2 Å². The molecule has 1 saturated heterocycles. The summed E-state index contributed by atoms with van der Waals surface area (Å²) in [6.07, 6.45) is -3.65. The first-order chi connectivity index (χ1) is 11.3. The summed E-state index contributed by atoms with van der Waals surface area (Å²) in [5.74, 6) is -0.420. The van der Waals surface area contributed by atoms with E-state index in [1.807, 2.05) is 0 Å². The van der Waals surface area contributed by atoms with Gasteiger partial charge in [0, 0.05) is 33.4 Å². The van der Waals surface area contributed by atoms with Gasteiger partial charge in [-0.3, -0.25) is 4.79 Å². The van der Waals surface area contributed by atoms with Crippen molar-refractivity contribution in [2.75, 3.05) is 26.8 Å². The highest BCUT2D eigenvalue weighted by Crippen LogP contribution is 2.32. The van der Waals surface area contributed by atoms with Gasteiger partial charge >= 0.3 is 6.36 Å². The number of hydrogen-bond acceptors (Lipinski definition) is 4. The Balaban J connectivity index is 2.07. The van der Waals surface area contributed by atoms with Crippen molar-refractivity contribution >= 4 is 5.91 Å². The lowest BCUT2D eigenvalue weighted by atomic mass is 9.79. The molecule has 24 heavy (non-hydrogen) atoms. The van der Waals surface area contributed by atoms with Crippen LogP contribution in [0.5, 0.6) is 5.75 Å². The molecule has 0 spiro atoms. The van der Waals surface area contributed by atoms with Crippen molar-refractivity contribution in [3.05, 3.63) is 29.8 Å². The van der Waals surface area contributed by atoms with Crippen molar-refractivity contribution in [2.45, 2.75) is 25.7 Å². The molecule has 1 amide bonds. The van der Waals surface area contributed by atoms with Gasteiger partial charge in [0.25, 0.3) is 0 Å². The molecule has 1 heterocycles. The predicted molar refractivity (Wildman–Crippen MR) is 81.1 cm³/mol. The number of benzene rings is 1. The van der Waals surface area contributed by atoms with Gasteiger partial charge in [-0.25, -0.2) is 0 Å². The first-order valence-electron chi connectivity index (χ1n) is 7.64. The summed E-state index contributed by atoms with van der Waals surface area (Å²) in [5, 5.41) is 0. The quantitative estimate of drug-likeness (QED) is 0.889. The van der Waals surface area contributed by atoms with Crippen LogP contribution in [0.25, 0.3) is 0 Å². The second-order valence-corrected chi connectivity index (χ2v) is 5.95. The molecule has 0 aromatic heterocycles. The maximum Gasteiger partial charge on any atom is 0.573 e. The van der Waals surface area contributed by atoms with E-state index in [1.165, 1.54) is 23.1 Å². The molecule has 1 aromatic rings. The fourth-order valence-electron chi connectivity index (χ4n) is 2.86. The molecule has 1 aliphatic heterocycles. The minimum atomic E-state index is -4.74. The van der Waals surface area contributed by atoms with Crippen molar-refractivity contribution < 1.29 is 27.4 Å². The lowest BCUT2D eigenvalue weighted by Gasteiger charge is -2.37. The van der Waals surface area contributed by atoms with Gasteiger partial charge in [0.05, 0.1) is 5.41 Å². The Morgan fingerprint density at radius 3 is 2.62 bits per heavy atom. The van der Waals surface area contributed by atoms with Gasteiger partial charge < -0.3 is 20.1 Å². The van der Waals surface area contributed by atoms with Gasteiger partial charge in [-0.1, -0.05) is 12.1 Å². The van der Waals surface area contributed by atoms with Crippen LogP contribution in [-0.4, -0.2) is 44.0 Å². The number of rotatable bonds is 5. The zero-order valence-electron chi connectivity index (χ0n) is 13.4. The van der Waals surface area contributed by atoms with E-state index in [4.69, 9.17) is 10.5 Å². The molecule has 0 unspecified atom stereocenters. The number of carbonyl (C=O) groups excluding carboxylic acids is 1. The molecule has 1 fully saturated rings. The zero-order valence-corrected chi connectivity index (χ0v) is 13.4. The molecule has 2 N–H and O–H groups in total. The lowest BCUT2D eigenvalue weighted by Crippen LogP contribution is -2.49. The van der Waals surface area contributed by atoms with Crippen LogP contribution in [0, 0.1) is 5.41 Å². The highest BCUT2D eigenvalue weighted by molar-refractivity contribution is 5.83. The minimum Gasteiger partial charge on any atom is -0.406 e. The van der Waals surface area contributed by atoms with E-state index in [9.17, 15) is 18.0 Å². The summed E-state index contributed by atoms with van der Waals surface area (Å²) < 4.78 is 46.1. The van der Waals surface area contributed by atoms with E-state index in [0.717, 1.165) is 0 Å². The second kappa shape index (κ2) is 7.40. The van der Waals surface area contributed by atoms with Crippen LogP contribution in [0.1, 0.15) is 18.4 Å². The lowest BCUT2D eigenvalue weighted by molar-refractivity contribution is -0.274. The Morgan fingerprint density at radius 2 is 2.04 bits per heavy atom. The summed E-state index contributed by atoms with van der Waals surface area (Å²) in [5.41, 5.74) is 5.70. The summed E-state index contributed by atoms with van der Waals surface area (Å²) in [4.78, 5) is 14.2. The van der Waals surface area contributed by atoms with Crippen molar-refractivity contribution in [1.82, 2.24) is 4.90 Å². The molecule has 1 aliphatic rings. The highest BCUT2D eigenvalue weighted by atomic mass is 19.4. The third kappa shape index (κ3) is 4.61. The maximum absolute atomic E-state index is 12.7. The third-order valence-corrected chi connectivity index (χ3v) is 4.19. The third-order valence-electron chi connectivity index (χ3n) is 4.19. The fraction of sp³-hybridized carbons (Fsp3) is 0.562. The normalized spacial score (nSPS) is 17.4. The number of nitrogens with two attached hydrogens (primary N) is 1. The summed E-state index contributed by atoms with van der Waals surface area (Å²) in [7, 11) is 1.62. The van der Waals surface area contributed by atoms with Crippen LogP contribution in [0.4, 0.5) is 13.2 Å². The van der Waals surface area contributed by atoms with Gasteiger partial charge in [-0.2, -0.15) is 0 Å². The molecule has 0 radical (unpaired) electrons. The molecule has 0 saturated carbocycles. The van der Waals surface area contributed by atoms with Crippen LogP contribution in [0.15, 0.2) is 24.3 Å². The Kier molecular flexibility index (Phi) is 5.71. The summed E-state index contributed by atoms with van der Waals surface area (Å²) in [6.45, 7) is 1.35. The molecule has 8 heteroatoms. The minimum absolute atomic E-state index is 0.115. The summed E-state index contributed by atoms with van der Waals surface area (Å²) >= 11 is 0. The van der Waals surface area contributed by atoms with Crippen LogP contribution < -0.4 is 10.5 Å². The molecule has 0 bridgehead atoms. The smallest absolute Gasteiger partial charge is 0.406 e. The van der Waals surface area contributed by atoms with Crippen LogP contribution >= 0.6 is 0 Å². The van der Waals surface area contributed by atoms with E-state index in [-0.39, 0.29) is 24.7 Å². The first-order valence-corrected chi connectivity index (χ1v) is 7.64. The van der Waals surface area contributed by atoms with Crippen molar-refractivity contribution in [3.8, 4) is 5.75 Å².